The van der Waals surface area contributed by atoms with Crippen molar-refractivity contribution >= 4 is 0 Å². The zero-order valence-corrected chi connectivity index (χ0v) is 7.65. The Morgan fingerprint density at radius 3 is 2.69 bits per heavy atom. The summed E-state index contributed by atoms with van der Waals surface area (Å²) < 4.78 is 5.85. The maximum atomic E-state index is 5.85. The number of fused-ring (bicyclic) bond motifs is 1. The average molecular weight is 174 g/mol. The monoisotopic (exact) mass is 174 g/mol. The Bertz CT molecular complexity index is 293. The first kappa shape index (κ1) is 7.57. The van der Waals surface area contributed by atoms with E-state index in [0.29, 0.717) is 12.2 Å². The van der Waals surface area contributed by atoms with Gasteiger partial charge in [-0.1, -0.05) is 36.8 Å². The Labute approximate surface area is 78.7 Å². The normalized spacial score (nSPS) is 36.8. The number of hydrogen-bond donors (Lipinski definition) is 0. The van der Waals surface area contributed by atoms with Crippen LogP contribution in [0.15, 0.2) is 30.3 Å². The number of ether oxygens (including phenoxy) is 1. The minimum Gasteiger partial charge on any atom is -0.370 e. The minimum absolute atomic E-state index is 0.411. The molecule has 3 rings (SSSR count). The molecule has 0 N–H and O–H groups in total. The molecule has 0 aromatic heterocycles. The third-order valence-corrected chi connectivity index (χ3v) is 3.34. The van der Waals surface area contributed by atoms with Crippen LogP contribution in [0.4, 0.5) is 0 Å². The van der Waals surface area contributed by atoms with E-state index in [0.717, 1.165) is 5.92 Å². The van der Waals surface area contributed by atoms with E-state index in [1.807, 2.05) is 0 Å². The quantitative estimate of drug-likeness (QED) is 0.636. The van der Waals surface area contributed by atoms with Gasteiger partial charge in [-0.05, 0) is 18.4 Å². The second kappa shape index (κ2) is 2.85. The molecule has 1 nitrogen and oxygen atoms in total. The van der Waals surface area contributed by atoms with Crippen molar-refractivity contribution in [3.8, 4) is 0 Å². The van der Waals surface area contributed by atoms with Gasteiger partial charge in [0.2, 0.25) is 0 Å². The van der Waals surface area contributed by atoms with E-state index in [9.17, 15) is 0 Å². The molecule has 1 aromatic carbocycles. The third kappa shape index (κ3) is 1.11. The SMILES string of the molecule is c1ccc([C@@H]2O[C@@H]3CCC[C@@H]32)cc1. The molecule has 2 aliphatic rings. The average Bonchev–Trinajstić information content (AvgIpc) is 2.50. The topological polar surface area (TPSA) is 9.23 Å². The van der Waals surface area contributed by atoms with Crippen molar-refractivity contribution in [3.63, 3.8) is 0 Å². The maximum absolute atomic E-state index is 5.85. The number of rotatable bonds is 1. The van der Waals surface area contributed by atoms with Crippen molar-refractivity contribution in [3.05, 3.63) is 35.9 Å². The van der Waals surface area contributed by atoms with Crippen molar-refractivity contribution in [2.45, 2.75) is 31.5 Å². The summed E-state index contributed by atoms with van der Waals surface area (Å²) in [7, 11) is 0. The largest absolute Gasteiger partial charge is 0.370 e. The Morgan fingerprint density at radius 1 is 1.08 bits per heavy atom. The van der Waals surface area contributed by atoms with Crippen LogP contribution in [0, 0.1) is 5.92 Å². The molecule has 0 bridgehead atoms. The van der Waals surface area contributed by atoms with Gasteiger partial charge in [0, 0.05) is 5.92 Å². The first-order valence-corrected chi connectivity index (χ1v) is 5.15. The van der Waals surface area contributed by atoms with Gasteiger partial charge in [0.15, 0.2) is 0 Å². The van der Waals surface area contributed by atoms with Crippen molar-refractivity contribution in [2.75, 3.05) is 0 Å². The van der Waals surface area contributed by atoms with Crippen LogP contribution < -0.4 is 0 Å². The molecule has 1 heteroatoms. The maximum Gasteiger partial charge on any atom is 0.0881 e. The summed E-state index contributed by atoms with van der Waals surface area (Å²) in [5, 5.41) is 0. The molecule has 13 heavy (non-hydrogen) atoms. The molecule has 3 atom stereocenters. The van der Waals surface area contributed by atoms with E-state index >= 15 is 0 Å². The Kier molecular flexibility index (Phi) is 1.66. The summed E-state index contributed by atoms with van der Waals surface area (Å²) >= 11 is 0. The van der Waals surface area contributed by atoms with Crippen LogP contribution in [-0.2, 0) is 4.74 Å². The highest BCUT2D eigenvalue weighted by Gasteiger charge is 2.45. The summed E-state index contributed by atoms with van der Waals surface area (Å²) in [6.07, 6.45) is 5.01. The molecule has 1 aliphatic carbocycles. The van der Waals surface area contributed by atoms with Crippen LogP contribution in [0.2, 0.25) is 0 Å². The number of hydrogen-bond acceptors (Lipinski definition) is 1. The molecule has 2 fully saturated rings. The van der Waals surface area contributed by atoms with E-state index in [1.54, 1.807) is 0 Å². The van der Waals surface area contributed by atoms with Gasteiger partial charge < -0.3 is 4.74 Å². The van der Waals surface area contributed by atoms with Crippen LogP contribution >= 0.6 is 0 Å². The van der Waals surface area contributed by atoms with Gasteiger partial charge in [-0.3, -0.25) is 0 Å². The van der Waals surface area contributed by atoms with Crippen molar-refractivity contribution in [1.29, 1.82) is 0 Å². The first-order valence-electron chi connectivity index (χ1n) is 5.15. The Morgan fingerprint density at radius 2 is 1.92 bits per heavy atom. The molecular weight excluding hydrogens is 160 g/mol. The van der Waals surface area contributed by atoms with Crippen molar-refractivity contribution in [2.24, 2.45) is 5.92 Å². The summed E-state index contributed by atoms with van der Waals surface area (Å²) in [6, 6.07) is 10.6. The highest BCUT2D eigenvalue weighted by Crippen LogP contribution is 2.49. The predicted molar refractivity (Wildman–Crippen MR) is 51.4 cm³/mol. The summed E-state index contributed by atoms with van der Waals surface area (Å²) in [5.74, 6) is 0.822. The van der Waals surface area contributed by atoms with E-state index in [2.05, 4.69) is 30.3 Å². The molecule has 0 amide bonds. The highest BCUT2D eigenvalue weighted by atomic mass is 16.5. The van der Waals surface area contributed by atoms with Gasteiger partial charge in [0.05, 0.1) is 12.2 Å². The lowest BCUT2D eigenvalue weighted by atomic mass is 9.87. The predicted octanol–water partition coefficient (Wildman–Crippen LogP) is 2.93. The first-order chi connectivity index (χ1) is 6.45. The fourth-order valence-corrected chi connectivity index (χ4v) is 2.64. The fraction of sp³-hybridized carbons (Fsp3) is 0.500. The van der Waals surface area contributed by atoms with Crippen LogP contribution in [0.25, 0.3) is 0 Å². The molecule has 1 saturated carbocycles. The van der Waals surface area contributed by atoms with E-state index in [4.69, 9.17) is 4.74 Å². The molecule has 1 aliphatic heterocycles. The summed E-state index contributed by atoms with van der Waals surface area (Å²) in [6.45, 7) is 0. The summed E-state index contributed by atoms with van der Waals surface area (Å²) in [5.41, 5.74) is 1.37. The minimum atomic E-state index is 0.411. The van der Waals surface area contributed by atoms with E-state index < -0.39 is 0 Å². The highest BCUT2D eigenvalue weighted by molar-refractivity contribution is 5.21. The van der Waals surface area contributed by atoms with Crippen molar-refractivity contribution in [1.82, 2.24) is 0 Å². The zero-order valence-electron chi connectivity index (χ0n) is 7.65. The molecule has 1 saturated heterocycles. The van der Waals surface area contributed by atoms with E-state index in [-0.39, 0.29) is 0 Å². The molecule has 0 unspecified atom stereocenters. The van der Waals surface area contributed by atoms with Crippen LogP contribution in [0.3, 0.4) is 0 Å². The lowest BCUT2D eigenvalue weighted by molar-refractivity contribution is -0.171. The van der Waals surface area contributed by atoms with Gasteiger partial charge in [0.1, 0.15) is 0 Å². The molecule has 0 spiro atoms. The lowest BCUT2D eigenvalue weighted by Crippen LogP contribution is -2.38. The van der Waals surface area contributed by atoms with Gasteiger partial charge in [-0.15, -0.1) is 0 Å². The second-order valence-electron chi connectivity index (χ2n) is 4.10. The molecular formula is C12H14O. The van der Waals surface area contributed by atoms with E-state index in [1.165, 1.54) is 24.8 Å². The van der Waals surface area contributed by atoms with Gasteiger partial charge in [-0.25, -0.2) is 0 Å². The smallest absolute Gasteiger partial charge is 0.0881 e. The lowest BCUT2D eigenvalue weighted by Gasteiger charge is -2.41. The van der Waals surface area contributed by atoms with Crippen molar-refractivity contribution < 1.29 is 4.74 Å². The van der Waals surface area contributed by atoms with Gasteiger partial charge >= 0.3 is 0 Å². The standard InChI is InChI=1S/C12H14O/c1-2-5-9(6-3-1)12-10-7-4-8-11(10)13-12/h1-3,5-6,10-12H,4,7-8H2/t10-,11+,12-/m0/s1. The molecule has 1 heterocycles. The van der Waals surface area contributed by atoms with Gasteiger partial charge in [-0.2, -0.15) is 0 Å². The van der Waals surface area contributed by atoms with Crippen LogP contribution in [0.1, 0.15) is 30.9 Å². The Hall–Kier alpha value is -0.820. The summed E-state index contributed by atoms with van der Waals surface area (Å²) in [4.78, 5) is 0. The Balaban J connectivity index is 1.81. The molecule has 1 aromatic rings. The fourth-order valence-electron chi connectivity index (χ4n) is 2.64. The second-order valence-corrected chi connectivity index (χ2v) is 4.10. The van der Waals surface area contributed by atoms with Crippen LogP contribution in [0.5, 0.6) is 0 Å². The third-order valence-electron chi connectivity index (χ3n) is 3.34. The van der Waals surface area contributed by atoms with Crippen LogP contribution in [-0.4, -0.2) is 6.10 Å². The van der Waals surface area contributed by atoms with Gasteiger partial charge in [0.25, 0.3) is 0 Å². The zero-order chi connectivity index (χ0) is 8.67. The molecule has 0 radical (unpaired) electrons. The molecule has 68 valence electrons. The number of benzene rings is 1.